The van der Waals surface area contributed by atoms with Crippen LogP contribution in [-0.4, -0.2) is 70.5 Å². The molecule has 31 heavy (non-hydrogen) atoms. The number of aliphatic carboxylic acids is 2. The number of guanidine groups is 1. The molecule has 0 aromatic rings. The molecule has 0 fully saturated rings. The Morgan fingerprint density at radius 3 is 2.06 bits per heavy atom. The number of thiol groups is 1. The van der Waals surface area contributed by atoms with Crippen molar-refractivity contribution in [2.24, 2.45) is 34.0 Å². The summed E-state index contributed by atoms with van der Waals surface area (Å²) in [5.41, 5.74) is 15.7. The van der Waals surface area contributed by atoms with E-state index in [4.69, 9.17) is 22.3 Å². The number of carboxylic acid groups (broad SMARTS) is 2. The highest BCUT2D eigenvalue weighted by Gasteiger charge is 2.24. The summed E-state index contributed by atoms with van der Waals surface area (Å²) >= 11 is 4.04. The van der Waals surface area contributed by atoms with Crippen LogP contribution in [0.3, 0.4) is 0 Å². The summed E-state index contributed by atoms with van der Waals surface area (Å²) in [6.07, 6.45) is -0.00720. The first-order chi connectivity index (χ1) is 14.5. The fourth-order valence-corrected chi connectivity index (χ4v) is 2.89. The number of nitrogens with one attached hydrogen (secondary N) is 1. The van der Waals surface area contributed by atoms with Crippen LogP contribution in [0.15, 0.2) is 4.99 Å². The molecular formula is C18H31N5O7S. The largest absolute Gasteiger partial charge is 0.481 e. The maximum atomic E-state index is 12.2. The lowest BCUT2D eigenvalue weighted by atomic mass is 9.96. The SMILES string of the molecule is NC(N)=NCCC[C@H](CC(=O)CNC(=O)[C@H](CS)CC(=O)CC[C@H](N)C(=O)O)C(=O)O. The molecule has 0 unspecified atom stereocenters. The summed E-state index contributed by atoms with van der Waals surface area (Å²) in [6, 6.07) is -1.16. The van der Waals surface area contributed by atoms with Crippen molar-refractivity contribution in [2.75, 3.05) is 18.8 Å². The Labute approximate surface area is 185 Å². The molecule has 1 amide bonds. The zero-order valence-corrected chi connectivity index (χ0v) is 18.1. The first-order valence-electron chi connectivity index (χ1n) is 9.66. The number of nitrogens with zero attached hydrogens (tertiary/aromatic N) is 1. The van der Waals surface area contributed by atoms with Crippen LogP contribution < -0.4 is 22.5 Å². The van der Waals surface area contributed by atoms with Crippen LogP contribution in [-0.2, 0) is 24.0 Å². The number of amides is 1. The van der Waals surface area contributed by atoms with Gasteiger partial charge in [0.25, 0.3) is 0 Å². The van der Waals surface area contributed by atoms with Crippen molar-refractivity contribution in [2.45, 2.75) is 44.6 Å². The number of ketones is 2. The molecule has 0 aromatic heterocycles. The van der Waals surface area contributed by atoms with Crippen molar-refractivity contribution in [1.29, 1.82) is 0 Å². The van der Waals surface area contributed by atoms with Crippen molar-refractivity contribution in [3.8, 4) is 0 Å². The van der Waals surface area contributed by atoms with Crippen molar-refractivity contribution < 1.29 is 34.2 Å². The van der Waals surface area contributed by atoms with E-state index < -0.39 is 41.5 Å². The van der Waals surface area contributed by atoms with Crippen LogP contribution in [0.1, 0.15) is 38.5 Å². The van der Waals surface area contributed by atoms with E-state index in [1.54, 1.807) is 0 Å². The number of carbonyl (C=O) groups excluding carboxylic acids is 3. The number of aliphatic imine (C=N–C) groups is 1. The molecule has 0 saturated carbocycles. The van der Waals surface area contributed by atoms with Crippen LogP contribution >= 0.6 is 12.6 Å². The second-order valence-electron chi connectivity index (χ2n) is 7.05. The van der Waals surface area contributed by atoms with E-state index in [1.165, 1.54) is 0 Å². The minimum atomic E-state index is -1.22. The summed E-state index contributed by atoms with van der Waals surface area (Å²) in [4.78, 5) is 62.0. The third kappa shape index (κ3) is 13.3. The van der Waals surface area contributed by atoms with Gasteiger partial charge < -0.3 is 32.7 Å². The van der Waals surface area contributed by atoms with Gasteiger partial charge in [0.2, 0.25) is 5.91 Å². The zero-order chi connectivity index (χ0) is 24.0. The number of hydrogen-bond acceptors (Lipinski definition) is 8. The van der Waals surface area contributed by atoms with Crippen LogP contribution in [0.4, 0.5) is 0 Å². The molecule has 0 saturated heterocycles. The van der Waals surface area contributed by atoms with E-state index in [1.807, 2.05) is 0 Å². The molecule has 176 valence electrons. The summed E-state index contributed by atoms with van der Waals surface area (Å²) in [5.74, 6) is -5.54. The first-order valence-corrected chi connectivity index (χ1v) is 10.3. The molecule has 0 aliphatic rings. The number of nitrogens with two attached hydrogens (primary N) is 3. The van der Waals surface area contributed by atoms with Gasteiger partial charge in [-0.15, -0.1) is 0 Å². The maximum Gasteiger partial charge on any atom is 0.320 e. The normalized spacial score (nSPS) is 13.5. The lowest BCUT2D eigenvalue weighted by Crippen LogP contribution is -2.37. The molecule has 0 aromatic carbocycles. The molecule has 0 rings (SSSR count). The lowest BCUT2D eigenvalue weighted by Gasteiger charge is -2.15. The molecule has 13 heteroatoms. The van der Waals surface area contributed by atoms with E-state index in [-0.39, 0.29) is 62.7 Å². The molecule has 0 aliphatic heterocycles. The summed E-state index contributed by atoms with van der Waals surface area (Å²) in [6.45, 7) is -0.134. The fraction of sp³-hybridized carbons (Fsp3) is 0.667. The van der Waals surface area contributed by atoms with E-state index in [0.717, 1.165) is 0 Å². The van der Waals surface area contributed by atoms with E-state index in [2.05, 4.69) is 22.9 Å². The molecule has 3 atom stereocenters. The van der Waals surface area contributed by atoms with Crippen LogP contribution in [0.25, 0.3) is 0 Å². The van der Waals surface area contributed by atoms with Gasteiger partial charge in [-0.05, 0) is 19.3 Å². The Kier molecular flexibility index (Phi) is 13.9. The molecule has 12 nitrogen and oxygen atoms in total. The van der Waals surface area contributed by atoms with E-state index >= 15 is 0 Å². The van der Waals surface area contributed by atoms with Gasteiger partial charge in [-0.1, -0.05) is 0 Å². The second-order valence-corrected chi connectivity index (χ2v) is 7.42. The Hall–Kier alpha value is -2.67. The second kappa shape index (κ2) is 15.2. The van der Waals surface area contributed by atoms with Crippen molar-refractivity contribution >= 4 is 48.0 Å². The van der Waals surface area contributed by atoms with E-state index in [9.17, 15) is 29.1 Å². The van der Waals surface area contributed by atoms with Gasteiger partial charge in [0.1, 0.15) is 11.8 Å². The number of carbonyl (C=O) groups is 5. The minimum absolute atomic E-state index is 0.0410. The van der Waals surface area contributed by atoms with Gasteiger partial charge in [0.05, 0.1) is 18.4 Å². The Morgan fingerprint density at radius 1 is 0.935 bits per heavy atom. The average molecular weight is 462 g/mol. The average Bonchev–Trinajstić information content (AvgIpc) is 2.69. The molecule has 0 aliphatic carbocycles. The quantitative estimate of drug-likeness (QED) is 0.0574. The van der Waals surface area contributed by atoms with Crippen molar-refractivity contribution in [3.05, 3.63) is 0 Å². The van der Waals surface area contributed by atoms with Gasteiger partial charge in [-0.25, -0.2) is 0 Å². The highest BCUT2D eigenvalue weighted by molar-refractivity contribution is 7.80. The van der Waals surface area contributed by atoms with Crippen LogP contribution in [0.2, 0.25) is 0 Å². The van der Waals surface area contributed by atoms with Crippen molar-refractivity contribution in [1.82, 2.24) is 5.32 Å². The van der Waals surface area contributed by atoms with Gasteiger partial charge in [0, 0.05) is 31.6 Å². The maximum absolute atomic E-state index is 12.2. The Balaban J connectivity index is 4.49. The lowest BCUT2D eigenvalue weighted by molar-refractivity contribution is -0.144. The Bertz CT molecular complexity index is 682. The Morgan fingerprint density at radius 2 is 1.55 bits per heavy atom. The van der Waals surface area contributed by atoms with Crippen molar-refractivity contribution in [3.63, 3.8) is 0 Å². The third-order valence-corrected chi connectivity index (χ3v) is 4.85. The predicted molar refractivity (Wildman–Crippen MR) is 115 cm³/mol. The number of hydrogen-bond donors (Lipinski definition) is 7. The standard InChI is InChI=1S/C18H31N5O7S/c19-14(17(29)30)4-3-12(24)7-11(9-31)15(26)23-8-13(25)6-10(16(27)28)2-1-5-22-18(20)21/h10-11,14,31H,1-9,19H2,(H,23,26)(H,27,28)(H,29,30)(H4,20,21,22)/t10-,11+,14+/m1/s1. The molecule has 0 spiro atoms. The molecule has 0 heterocycles. The fourth-order valence-electron chi connectivity index (χ4n) is 2.59. The zero-order valence-electron chi connectivity index (χ0n) is 17.2. The summed E-state index contributed by atoms with van der Waals surface area (Å²) < 4.78 is 0. The van der Waals surface area contributed by atoms with Crippen LogP contribution in [0.5, 0.6) is 0 Å². The number of rotatable bonds is 17. The van der Waals surface area contributed by atoms with Gasteiger partial charge in [-0.2, -0.15) is 12.6 Å². The van der Waals surface area contributed by atoms with Gasteiger partial charge >= 0.3 is 11.9 Å². The summed E-state index contributed by atoms with van der Waals surface area (Å²) in [5, 5.41) is 20.3. The summed E-state index contributed by atoms with van der Waals surface area (Å²) in [7, 11) is 0. The van der Waals surface area contributed by atoms with E-state index in [0.29, 0.717) is 6.42 Å². The smallest absolute Gasteiger partial charge is 0.320 e. The van der Waals surface area contributed by atoms with Crippen LogP contribution in [0, 0.1) is 11.8 Å². The molecule has 9 N–H and O–H groups in total. The highest BCUT2D eigenvalue weighted by atomic mass is 32.1. The monoisotopic (exact) mass is 461 g/mol. The number of carboxylic acids is 2. The highest BCUT2D eigenvalue weighted by Crippen LogP contribution is 2.13. The topological polar surface area (TPSA) is 228 Å². The molecular weight excluding hydrogens is 430 g/mol. The molecule has 0 radical (unpaired) electrons. The van der Waals surface area contributed by atoms with Gasteiger partial charge in [-0.3, -0.25) is 29.0 Å². The number of Topliss-reactive ketones (excluding diaryl/α,β-unsaturated/α-hetero) is 2. The van der Waals surface area contributed by atoms with Gasteiger partial charge in [0.15, 0.2) is 11.7 Å². The predicted octanol–water partition coefficient (Wildman–Crippen LogP) is -1.49. The minimum Gasteiger partial charge on any atom is -0.481 e. The molecule has 0 bridgehead atoms. The first kappa shape index (κ1) is 28.3. The third-order valence-electron chi connectivity index (χ3n) is 4.40.